The van der Waals surface area contributed by atoms with Crippen LogP contribution in [0.1, 0.15) is 49.5 Å². The minimum absolute atomic E-state index is 0.0410. The van der Waals surface area contributed by atoms with Crippen molar-refractivity contribution in [1.82, 2.24) is 15.1 Å². The van der Waals surface area contributed by atoms with Gasteiger partial charge in [0, 0.05) is 12.6 Å². The van der Waals surface area contributed by atoms with Crippen molar-refractivity contribution in [3.8, 4) is 0 Å². The number of methoxy groups -OCH3 is 1. The van der Waals surface area contributed by atoms with E-state index >= 15 is 0 Å². The summed E-state index contributed by atoms with van der Waals surface area (Å²) in [6.45, 7) is 6.88. The third-order valence-corrected chi connectivity index (χ3v) is 8.18. The SMILES string of the molecule is COC(=O)c1cccc(CNC(=O)Cn2ncc(N[C@@H]3C[C@H]4C[C@@H]([C@H]3C)C4(C)C)c(Cl)c2=O)c1. The molecule has 3 saturated carbocycles. The number of esters is 1. The number of benzene rings is 1. The first-order valence-corrected chi connectivity index (χ1v) is 12.0. The van der Waals surface area contributed by atoms with Gasteiger partial charge in [0.15, 0.2) is 0 Å². The van der Waals surface area contributed by atoms with E-state index in [0.29, 0.717) is 34.4 Å². The summed E-state index contributed by atoms with van der Waals surface area (Å²) in [5.41, 5.74) is 1.51. The van der Waals surface area contributed by atoms with Crippen molar-refractivity contribution >= 4 is 29.2 Å². The average molecular weight is 487 g/mol. The predicted octanol–water partition coefficient (Wildman–Crippen LogP) is 3.48. The minimum Gasteiger partial charge on any atom is -0.465 e. The fraction of sp³-hybridized carbons (Fsp3) is 0.520. The van der Waals surface area contributed by atoms with Crippen LogP contribution in [0.3, 0.4) is 0 Å². The number of halogens is 1. The van der Waals surface area contributed by atoms with Gasteiger partial charge in [-0.25, -0.2) is 9.48 Å². The molecule has 3 aliphatic rings. The summed E-state index contributed by atoms with van der Waals surface area (Å²) in [5.74, 6) is 0.971. The predicted molar refractivity (Wildman–Crippen MR) is 130 cm³/mol. The number of amides is 1. The Bertz CT molecular complexity index is 1160. The van der Waals surface area contributed by atoms with Gasteiger partial charge in [-0.2, -0.15) is 5.10 Å². The zero-order valence-electron chi connectivity index (χ0n) is 19.9. The quantitative estimate of drug-likeness (QED) is 0.581. The fourth-order valence-electron chi connectivity index (χ4n) is 5.54. The van der Waals surface area contributed by atoms with Gasteiger partial charge in [-0.15, -0.1) is 0 Å². The second-order valence-corrected chi connectivity index (χ2v) is 10.4. The van der Waals surface area contributed by atoms with Crippen molar-refractivity contribution in [3.05, 3.63) is 57.0 Å². The number of carbonyl (C=O) groups excluding carboxylic acids is 2. The van der Waals surface area contributed by atoms with Gasteiger partial charge in [-0.3, -0.25) is 9.59 Å². The van der Waals surface area contributed by atoms with E-state index in [1.165, 1.54) is 19.7 Å². The van der Waals surface area contributed by atoms with Crippen LogP contribution < -0.4 is 16.2 Å². The van der Waals surface area contributed by atoms with E-state index in [1.54, 1.807) is 24.3 Å². The molecule has 0 radical (unpaired) electrons. The number of nitrogens with one attached hydrogen (secondary N) is 2. The van der Waals surface area contributed by atoms with Gasteiger partial charge >= 0.3 is 5.97 Å². The molecule has 2 aromatic rings. The van der Waals surface area contributed by atoms with Crippen molar-refractivity contribution in [2.75, 3.05) is 12.4 Å². The lowest BCUT2D eigenvalue weighted by molar-refractivity contribution is -0.122. The van der Waals surface area contributed by atoms with E-state index in [2.05, 4.69) is 36.5 Å². The van der Waals surface area contributed by atoms with Crippen LogP contribution in [0, 0.1) is 23.2 Å². The zero-order chi connectivity index (χ0) is 24.6. The number of fused-ring (bicyclic) bond motifs is 2. The van der Waals surface area contributed by atoms with E-state index in [0.717, 1.165) is 16.7 Å². The topological polar surface area (TPSA) is 102 Å². The Labute approximate surface area is 204 Å². The minimum atomic E-state index is -0.511. The highest BCUT2D eigenvalue weighted by Crippen LogP contribution is 2.61. The average Bonchev–Trinajstić information content (AvgIpc) is 2.82. The molecule has 34 heavy (non-hydrogen) atoms. The Morgan fingerprint density at radius 3 is 2.74 bits per heavy atom. The largest absolute Gasteiger partial charge is 0.465 e. The number of nitrogens with zero attached hydrogens (tertiary/aromatic N) is 2. The van der Waals surface area contributed by atoms with Gasteiger partial charge in [0.25, 0.3) is 5.56 Å². The molecule has 3 aliphatic carbocycles. The maximum absolute atomic E-state index is 12.7. The highest BCUT2D eigenvalue weighted by molar-refractivity contribution is 6.32. The number of carbonyl (C=O) groups is 2. The van der Waals surface area contributed by atoms with Gasteiger partial charge in [-0.05, 0) is 53.7 Å². The molecule has 1 heterocycles. The van der Waals surface area contributed by atoms with Gasteiger partial charge < -0.3 is 15.4 Å². The van der Waals surface area contributed by atoms with E-state index in [-0.39, 0.29) is 24.2 Å². The lowest BCUT2D eigenvalue weighted by atomic mass is 9.45. The highest BCUT2D eigenvalue weighted by Gasteiger charge is 2.56. The lowest BCUT2D eigenvalue weighted by Crippen LogP contribution is -2.58. The van der Waals surface area contributed by atoms with Crippen LogP contribution in [0.2, 0.25) is 5.02 Å². The van der Waals surface area contributed by atoms with Crippen molar-refractivity contribution in [3.63, 3.8) is 0 Å². The van der Waals surface area contributed by atoms with Crippen LogP contribution in [0.5, 0.6) is 0 Å². The number of aromatic nitrogens is 2. The molecule has 0 spiro atoms. The summed E-state index contributed by atoms with van der Waals surface area (Å²) in [6, 6.07) is 7.02. The molecule has 8 nitrogen and oxygen atoms in total. The van der Waals surface area contributed by atoms with E-state index in [1.807, 2.05) is 0 Å². The second-order valence-electron chi connectivity index (χ2n) is 10.0. The molecule has 0 aliphatic heterocycles. The van der Waals surface area contributed by atoms with E-state index < -0.39 is 17.4 Å². The Morgan fingerprint density at radius 1 is 1.29 bits per heavy atom. The summed E-state index contributed by atoms with van der Waals surface area (Å²) >= 11 is 6.37. The molecule has 1 aromatic carbocycles. The molecule has 4 atom stereocenters. The number of hydrogen-bond acceptors (Lipinski definition) is 6. The molecule has 1 amide bonds. The normalized spacial score (nSPS) is 24.6. The molecule has 2 bridgehead atoms. The Balaban J connectivity index is 1.36. The number of ether oxygens (including phenoxy) is 1. The van der Waals surface area contributed by atoms with Crippen LogP contribution in [-0.4, -0.2) is 34.8 Å². The Kier molecular flexibility index (Phi) is 6.71. The number of anilines is 1. The first kappa shape index (κ1) is 24.3. The van der Waals surface area contributed by atoms with Gasteiger partial charge in [0.2, 0.25) is 5.91 Å². The van der Waals surface area contributed by atoms with Gasteiger partial charge in [0.1, 0.15) is 11.6 Å². The monoisotopic (exact) mass is 486 g/mol. The standard InChI is InChI=1S/C25H31ClN4O4/c1-14-18-9-17(25(18,2)3)10-19(14)29-20-12-28-30(23(32)22(20)26)13-21(31)27-11-15-6-5-7-16(8-15)24(33)34-4/h5-8,12,14,17-19,29H,9-11,13H2,1-4H3,(H,27,31)/t14-,17-,18+,19-/m1/s1. The zero-order valence-corrected chi connectivity index (χ0v) is 20.7. The molecule has 9 heteroatoms. The highest BCUT2D eigenvalue weighted by atomic mass is 35.5. The van der Waals surface area contributed by atoms with Gasteiger partial charge in [-0.1, -0.05) is 44.5 Å². The summed E-state index contributed by atoms with van der Waals surface area (Å²) in [4.78, 5) is 36.8. The van der Waals surface area contributed by atoms with Crippen LogP contribution in [0.4, 0.5) is 5.69 Å². The molecule has 3 fully saturated rings. The number of rotatable bonds is 7. The Hall–Kier alpha value is -2.87. The van der Waals surface area contributed by atoms with Crippen LogP contribution in [0.25, 0.3) is 0 Å². The van der Waals surface area contributed by atoms with Crippen molar-refractivity contribution in [1.29, 1.82) is 0 Å². The van der Waals surface area contributed by atoms with Crippen LogP contribution in [-0.2, 0) is 22.6 Å². The third kappa shape index (κ3) is 4.56. The number of hydrogen-bond donors (Lipinski definition) is 2. The molecule has 0 saturated heterocycles. The Morgan fingerprint density at radius 2 is 2.06 bits per heavy atom. The molecule has 1 aromatic heterocycles. The van der Waals surface area contributed by atoms with Gasteiger partial charge in [0.05, 0.1) is 24.6 Å². The first-order chi connectivity index (χ1) is 16.1. The maximum atomic E-state index is 12.7. The lowest BCUT2D eigenvalue weighted by Gasteiger charge is -2.62. The van der Waals surface area contributed by atoms with Crippen LogP contribution in [0.15, 0.2) is 35.3 Å². The first-order valence-electron chi connectivity index (χ1n) is 11.6. The fourth-order valence-corrected chi connectivity index (χ4v) is 5.74. The molecule has 0 unspecified atom stereocenters. The molecular weight excluding hydrogens is 456 g/mol. The molecular formula is C25H31ClN4O4. The van der Waals surface area contributed by atoms with E-state index in [9.17, 15) is 14.4 Å². The summed E-state index contributed by atoms with van der Waals surface area (Å²) < 4.78 is 5.76. The summed E-state index contributed by atoms with van der Waals surface area (Å²) in [5, 5.41) is 10.4. The summed E-state index contributed by atoms with van der Waals surface area (Å²) in [6.07, 6.45) is 3.83. The molecule has 2 N–H and O–H groups in total. The van der Waals surface area contributed by atoms with E-state index in [4.69, 9.17) is 16.3 Å². The third-order valence-electron chi connectivity index (χ3n) is 7.81. The van der Waals surface area contributed by atoms with Crippen molar-refractivity contribution < 1.29 is 14.3 Å². The maximum Gasteiger partial charge on any atom is 0.337 e. The van der Waals surface area contributed by atoms with Crippen molar-refractivity contribution in [2.24, 2.45) is 23.2 Å². The molecule has 5 rings (SSSR count). The molecule has 182 valence electrons. The van der Waals surface area contributed by atoms with Crippen LogP contribution >= 0.6 is 11.6 Å². The van der Waals surface area contributed by atoms with Crippen molar-refractivity contribution in [2.45, 2.75) is 52.7 Å². The second kappa shape index (κ2) is 9.41. The summed E-state index contributed by atoms with van der Waals surface area (Å²) in [7, 11) is 1.31. The smallest absolute Gasteiger partial charge is 0.337 e.